The Morgan fingerprint density at radius 3 is 2.41 bits per heavy atom. The summed E-state index contributed by atoms with van der Waals surface area (Å²) in [5, 5.41) is 43.6. The Morgan fingerprint density at radius 2 is 1.73 bits per heavy atom. The Bertz CT molecular complexity index is 1150. The third-order valence-corrected chi connectivity index (χ3v) is 7.14. The minimum Gasteiger partial charge on any atom is -0.508 e. The van der Waals surface area contributed by atoms with Crippen molar-refractivity contribution in [1.29, 1.82) is 0 Å². The molecule has 0 saturated heterocycles. The first-order valence-electron chi connectivity index (χ1n) is 13.0. The molecule has 37 heavy (non-hydrogen) atoms. The average molecular weight is 509 g/mol. The zero-order valence-corrected chi connectivity index (χ0v) is 21.0. The van der Waals surface area contributed by atoms with Gasteiger partial charge in [0.25, 0.3) is 0 Å². The number of aliphatic hydroxyl groups excluding tert-OH is 2. The van der Waals surface area contributed by atoms with Crippen molar-refractivity contribution in [2.45, 2.75) is 51.2 Å². The van der Waals surface area contributed by atoms with Gasteiger partial charge < -0.3 is 25.2 Å². The number of aromatic nitrogens is 2. The standard InChI is InChI=1S/C29H36N2O6/c32-17-25(34)13-14-26-28(23-7-4-8-24(33)15-23)29(22-5-2-1-3-6-22)30-31(26)16-20-9-11-21(12-10-20)18-37-19-27(35)36/h1-8,15,20-21,25,32-34H,9-14,16-19H2,(H,35,36)/t20-,21+,25-/m0/s1. The SMILES string of the molecule is O=C(O)COC[C@H]1CC[C@@H](Cn2nc(-c3ccccc3)c(-c3cccc(O)c3)c2CC[C@H](O)CO)CC1. The Hall–Kier alpha value is -3.20. The highest BCUT2D eigenvalue weighted by Crippen LogP contribution is 2.38. The highest BCUT2D eigenvalue weighted by atomic mass is 16.5. The van der Waals surface area contributed by atoms with Crippen LogP contribution in [0.25, 0.3) is 22.4 Å². The lowest BCUT2D eigenvalue weighted by Gasteiger charge is -2.28. The van der Waals surface area contributed by atoms with E-state index in [4.69, 9.17) is 14.9 Å². The molecule has 8 nitrogen and oxygen atoms in total. The number of benzene rings is 2. The molecule has 1 atom stereocenters. The molecule has 0 amide bonds. The maximum atomic E-state index is 10.7. The Balaban J connectivity index is 1.62. The van der Waals surface area contributed by atoms with Crippen molar-refractivity contribution in [3.05, 3.63) is 60.3 Å². The van der Waals surface area contributed by atoms with Crippen LogP contribution in [-0.2, 0) is 22.5 Å². The van der Waals surface area contributed by atoms with E-state index >= 15 is 0 Å². The van der Waals surface area contributed by atoms with Gasteiger partial charge in [-0.05, 0) is 68.1 Å². The summed E-state index contributed by atoms with van der Waals surface area (Å²) >= 11 is 0. The van der Waals surface area contributed by atoms with E-state index in [0.717, 1.165) is 60.3 Å². The van der Waals surface area contributed by atoms with Crippen LogP contribution in [0.4, 0.5) is 0 Å². The summed E-state index contributed by atoms with van der Waals surface area (Å²) in [5.41, 5.74) is 4.57. The monoisotopic (exact) mass is 508 g/mol. The Morgan fingerprint density at radius 1 is 1.03 bits per heavy atom. The number of nitrogens with zero attached hydrogens (tertiary/aromatic N) is 2. The van der Waals surface area contributed by atoms with E-state index in [1.165, 1.54) is 0 Å². The zero-order chi connectivity index (χ0) is 26.2. The number of hydrogen-bond donors (Lipinski definition) is 4. The van der Waals surface area contributed by atoms with Crippen LogP contribution in [0.15, 0.2) is 54.6 Å². The molecule has 2 aromatic carbocycles. The molecule has 1 aromatic heterocycles. The van der Waals surface area contributed by atoms with Gasteiger partial charge in [-0.15, -0.1) is 0 Å². The van der Waals surface area contributed by atoms with Crippen molar-refractivity contribution >= 4 is 5.97 Å². The van der Waals surface area contributed by atoms with E-state index < -0.39 is 12.1 Å². The molecule has 0 spiro atoms. The third kappa shape index (κ3) is 7.19. The van der Waals surface area contributed by atoms with Crippen LogP contribution in [0.2, 0.25) is 0 Å². The van der Waals surface area contributed by atoms with Gasteiger partial charge in [0.1, 0.15) is 18.1 Å². The van der Waals surface area contributed by atoms with Crippen LogP contribution < -0.4 is 0 Å². The van der Waals surface area contributed by atoms with Gasteiger partial charge in [0.2, 0.25) is 0 Å². The van der Waals surface area contributed by atoms with E-state index in [1.807, 2.05) is 42.5 Å². The van der Waals surface area contributed by atoms with Crippen molar-refractivity contribution in [1.82, 2.24) is 9.78 Å². The zero-order valence-electron chi connectivity index (χ0n) is 21.0. The molecular weight excluding hydrogens is 472 g/mol. The highest BCUT2D eigenvalue weighted by molar-refractivity contribution is 5.83. The Labute approximate surface area is 217 Å². The predicted octanol–water partition coefficient (Wildman–Crippen LogP) is 4.12. The van der Waals surface area contributed by atoms with Crippen molar-refractivity contribution in [3.63, 3.8) is 0 Å². The largest absolute Gasteiger partial charge is 0.508 e. The topological polar surface area (TPSA) is 125 Å². The number of aliphatic carboxylic acids is 1. The number of carbonyl (C=O) groups is 1. The molecule has 4 rings (SSSR count). The number of phenolic OH excluding ortho intramolecular Hbond substituents is 1. The van der Waals surface area contributed by atoms with E-state index in [-0.39, 0.29) is 19.0 Å². The van der Waals surface area contributed by atoms with Gasteiger partial charge in [0.15, 0.2) is 0 Å². The lowest BCUT2D eigenvalue weighted by atomic mass is 9.82. The molecule has 4 N–H and O–H groups in total. The van der Waals surface area contributed by atoms with Gasteiger partial charge in [-0.25, -0.2) is 4.79 Å². The molecule has 0 radical (unpaired) electrons. The summed E-state index contributed by atoms with van der Waals surface area (Å²) in [6, 6.07) is 17.1. The van der Waals surface area contributed by atoms with Crippen LogP contribution in [0.5, 0.6) is 5.75 Å². The van der Waals surface area contributed by atoms with Crippen LogP contribution in [-0.4, -0.2) is 62.1 Å². The summed E-state index contributed by atoms with van der Waals surface area (Å²) in [4.78, 5) is 10.7. The molecule has 1 saturated carbocycles. The first-order valence-corrected chi connectivity index (χ1v) is 13.0. The second-order valence-corrected chi connectivity index (χ2v) is 9.94. The average Bonchev–Trinajstić information content (AvgIpc) is 3.26. The lowest BCUT2D eigenvalue weighted by Crippen LogP contribution is -2.24. The first kappa shape index (κ1) is 26.9. The fourth-order valence-corrected chi connectivity index (χ4v) is 5.20. The van der Waals surface area contributed by atoms with E-state index in [0.29, 0.717) is 31.3 Å². The van der Waals surface area contributed by atoms with Crippen molar-refractivity contribution in [2.75, 3.05) is 19.8 Å². The summed E-state index contributed by atoms with van der Waals surface area (Å²) in [5.74, 6) is 0.0185. The second-order valence-electron chi connectivity index (χ2n) is 9.94. The first-order chi connectivity index (χ1) is 17.9. The maximum absolute atomic E-state index is 10.7. The molecule has 8 heteroatoms. The summed E-state index contributed by atoms with van der Waals surface area (Å²) in [6.45, 7) is 0.655. The van der Waals surface area contributed by atoms with Crippen molar-refractivity contribution in [3.8, 4) is 28.1 Å². The predicted molar refractivity (Wildman–Crippen MR) is 140 cm³/mol. The molecule has 0 unspecified atom stereocenters. The summed E-state index contributed by atoms with van der Waals surface area (Å²) in [6.07, 6.45) is 4.08. The van der Waals surface area contributed by atoms with Gasteiger partial charge in [0.05, 0.1) is 19.3 Å². The van der Waals surface area contributed by atoms with Crippen LogP contribution in [0.3, 0.4) is 0 Å². The number of phenols is 1. The summed E-state index contributed by atoms with van der Waals surface area (Å²) in [7, 11) is 0. The quantitative estimate of drug-likeness (QED) is 0.290. The molecule has 198 valence electrons. The van der Waals surface area contributed by atoms with Crippen LogP contribution in [0, 0.1) is 11.8 Å². The number of aliphatic hydroxyl groups is 2. The van der Waals surface area contributed by atoms with Crippen LogP contribution >= 0.6 is 0 Å². The van der Waals surface area contributed by atoms with E-state index in [2.05, 4.69) is 4.68 Å². The molecule has 1 fully saturated rings. The minimum absolute atomic E-state index is 0.175. The van der Waals surface area contributed by atoms with Crippen molar-refractivity contribution < 1.29 is 30.0 Å². The molecule has 3 aromatic rings. The third-order valence-electron chi connectivity index (χ3n) is 7.14. The normalized spacial score (nSPS) is 18.5. The number of hydrogen-bond acceptors (Lipinski definition) is 6. The molecule has 1 aliphatic rings. The number of aromatic hydroxyl groups is 1. The van der Waals surface area contributed by atoms with Gasteiger partial charge >= 0.3 is 5.97 Å². The van der Waals surface area contributed by atoms with Crippen molar-refractivity contribution in [2.24, 2.45) is 11.8 Å². The highest BCUT2D eigenvalue weighted by Gasteiger charge is 2.26. The number of ether oxygens (including phenoxy) is 1. The van der Waals surface area contributed by atoms with E-state index in [1.54, 1.807) is 12.1 Å². The fraction of sp³-hybridized carbons (Fsp3) is 0.448. The van der Waals surface area contributed by atoms with Gasteiger partial charge in [-0.2, -0.15) is 5.10 Å². The number of rotatable bonds is 12. The molecule has 0 bridgehead atoms. The smallest absolute Gasteiger partial charge is 0.329 e. The lowest BCUT2D eigenvalue weighted by molar-refractivity contribution is -0.142. The molecule has 1 heterocycles. The second kappa shape index (κ2) is 12.9. The fourth-order valence-electron chi connectivity index (χ4n) is 5.20. The maximum Gasteiger partial charge on any atom is 0.329 e. The molecule has 1 aliphatic carbocycles. The molecular formula is C29H36N2O6. The van der Waals surface area contributed by atoms with E-state index in [9.17, 15) is 20.1 Å². The number of carboxylic acid groups (broad SMARTS) is 1. The van der Waals surface area contributed by atoms with Gasteiger partial charge in [0, 0.05) is 23.4 Å². The van der Waals surface area contributed by atoms with Gasteiger partial charge in [-0.3, -0.25) is 4.68 Å². The number of carboxylic acids is 1. The molecule has 0 aliphatic heterocycles. The minimum atomic E-state index is -0.942. The summed E-state index contributed by atoms with van der Waals surface area (Å²) < 4.78 is 7.37. The van der Waals surface area contributed by atoms with Gasteiger partial charge in [-0.1, -0.05) is 42.5 Å². The van der Waals surface area contributed by atoms with Crippen LogP contribution in [0.1, 0.15) is 37.8 Å². The Kier molecular flexibility index (Phi) is 9.33.